The van der Waals surface area contributed by atoms with Gasteiger partial charge in [0.2, 0.25) is 0 Å². The molecule has 2 N–H and O–H groups in total. The molecule has 140 valence electrons. The van der Waals surface area contributed by atoms with Gasteiger partial charge >= 0.3 is 0 Å². The molecular weight excluding hydrogens is 333 g/mol. The lowest BCUT2D eigenvalue weighted by Gasteiger charge is -2.14. The highest BCUT2D eigenvalue weighted by Gasteiger charge is 2.14. The first-order valence-corrected chi connectivity index (χ1v) is 9.20. The van der Waals surface area contributed by atoms with Gasteiger partial charge in [0.05, 0.1) is 18.9 Å². The summed E-state index contributed by atoms with van der Waals surface area (Å²) in [5, 5.41) is 6.65. The van der Waals surface area contributed by atoms with Gasteiger partial charge in [-0.05, 0) is 49.1 Å². The first-order valence-electron chi connectivity index (χ1n) is 9.20. The van der Waals surface area contributed by atoms with E-state index in [4.69, 9.17) is 9.15 Å². The van der Waals surface area contributed by atoms with Gasteiger partial charge in [0.15, 0.2) is 5.96 Å². The van der Waals surface area contributed by atoms with Crippen LogP contribution < -0.4 is 10.6 Å². The maximum atomic E-state index is 13.3. The quantitative estimate of drug-likeness (QED) is 0.562. The third-order valence-corrected chi connectivity index (χ3v) is 4.32. The predicted octanol–water partition coefficient (Wildman–Crippen LogP) is 2.92. The summed E-state index contributed by atoms with van der Waals surface area (Å²) >= 11 is 0. The molecule has 26 heavy (non-hydrogen) atoms. The van der Waals surface area contributed by atoms with Crippen molar-refractivity contribution in [2.24, 2.45) is 4.99 Å². The second-order valence-electron chi connectivity index (χ2n) is 6.39. The van der Waals surface area contributed by atoms with Gasteiger partial charge in [-0.15, -0.1) is 0 Å². The standard InChI is InChI=1S/C20H26FN3O2/c21-17-5-1-4-16(14-17)8-10-22-20(24-15-19-7-3-13-26-19)23-11-9-18-6-2-12-25-18/h1-2,4-6,12,14,19H,3,7-11,13,15H2,(H2,22,23,24). The van der Waals surface area contributed by atoms with Crippen LogP contribution in [0, 0.1) is 5.82 Å². The average molecular weight is 359 g/mol. The molecule has 1 saturated heterocycles. The molecule has 0 bridgehead atoms. The highest BCUT2D eigenvalue weighted by molar-refractivity contribution is 5.79. The molecule has 6 heteroatoms. The SMILES string of the molecule is Fc1cccc(CCNC(=NCC2CCCO2)NCCc2ccco2)c1. The zero-order valence-corrected chi connectivity index (χ0v) is 14.9. The second kappa shape index (κ2) is 9.97. The van der Waals surface area contributed by atoms with Crippen LogP contribution in [0.25, 0.3) is 0 Å². The Bertz CT molecular complexity index is 682. The summed E-state index contributed by atoms with van der Waals surface area (Å²) < 4.78 is 24.3. The van der Waals surface area contributed by atoms with Crippen LogP contribution >= 0.6 is 0 Å². The lowest BCUT2D eigenvalue weighted by Crippen LogP contribution is -2.40. The first kappa shape index (κ1) is 18.5. The van der Waals surface area contributed by atoms with Crippen molar-refractivity contribution in [2.75, 3.05) is 26.2 Å². The van der Waals surface area contributed by atoms with Crippen LogP contribution in [0.15, 0.2) is 52.1 Å². The molecule has 0 spiro atoms. The molecule has 1 fully saturated rings. The number of guanidine groups is 1. The van der Waals surface area contributed by atoms with E-state index < -0.39 is 0 Å². The Morgan fingerprint density at radius 1 is 1.15 bits per heavy atom. The molecule has 2 heterocycles. The summed E-state index contributed by atoms with van der Waals surface area (Å²) in [5.74, 6) is 1.49. The van der Waals surface area contributed by atoms with Crippen LogP contribution in [0.1, 0.15) is 24.2 Å². The molecule has 2 aromatic rings. The van der Waals surface area contributed by atoms with Crippen molar-refractivity contribution in [1.82, 2.24) is 10.6 Å². The average Bonchev–Trinajstić information content (AvgIpc) is 3.33. The van der Waals surface area contributed by atoms with Crippen molar-refractivity contribution >= 4 is 5.96 Å². The number of hydrogen-bond acceptors (Lipinski definition) is 3. The minimum absolute atomic E-state index is 0.202. The third kappa shape index (κ3) is 6.19. The number of nitrogens with zero attached hydrogens (tertiary/aromatic N) is 1. The van der Waals surface area contributed by atoms with Gasteiger partial charge in [-0.2, -0.15) is 0 Å². The number of ether oxygens (including phenoxy) is 1. The second-order valence-corrected chi connectivity index (χ2v) is 6.39. The van der Waals surface area contributed by atoms with E-state index in [1.54, 1.807) is 18.4 Å². The van der Waals surface area contributed by atoms with Gasteiger partial charge in [0.25, 0.3) is 0 Å². The van der Waals surface area contributed by atoms with Crippen molar-refractivity contribution in [2.45, 2.75) is 31.8 Å². The van der Waals surface area contributed by atoms with E-state index in [1.807, 2.05) is 18.2 Å². The van der Waals surface area contributed by atoms with Crippen molar-refractivity contribution < 1.29 is 13.5 Å². The summed E-state index contributed by atoms with van der Waals surface area (Å²) in [6.45, 7) is 2.89. The third-order valence-electron chi connectivity index (χ3n) is 4.32. The Labute approximate surface area is 153 Å². The molecule has 0 aliphatic carbocycles. The Balaban J connectivity index is 1.48. The fraction of sp³-hybridized carbons (Fsp3) is 0.450. The molecule has 0 saturated carbocycles. The topological polar surface area (TPSA) is 58.8 Å². The lowest BCUT2D eigenvalue weighted by atomic mass is 10.1. The van der Waals surface area contributed by atoms with Gasteiger partial charge in [0, 0.05) is 26.1 Å². The van der Waals surface area contributed by atoms with Crippen LogP contribution in [0.2, 0.25) is 0 Å². The van der Waals surface area contributed by atoms with E-state index in [-0.39, 0.29) is 11.9 Å². The maximum Gasteiger partial charge on any atom is 0.191 e. The van der Waals surface area contributed by atoms with Gasteiger partial charge < -0.3 is 19.8 Å². The summed E-state index contributed by atoms with van der Waals surface area (Å²) in [4.78, 5) is 4.64. The molecular formula is C20H26FN3O2. The normalized spacial score (nSPS) is 17.4. The van der Waals surface area contributed by atoms with Crippen LogP contribution in [-0.2, 0) is 17.6 Å². The van der Waals surface area contributed by atoms with E-state index in [1.165, 1.54) is 6.07 Å². The van der Waals surface area contributed by atoms with Crippen molar-refractivity contribution in [1.29, 1.82) is 0 Å². The molecule has 5 nitrogen and oxygen atoms in total. The van der Waals surface area contributed by atoms with Crippen molar-refractivity contribution in [3.8, 4) is 0 Å². The number of benzene rings is 1. The largest absolute Gasteiger partial charge is 0.469 e. The van der Waals surface area contributed by atoms with Gasteiger partial charge in [0.1, 0.15) is 11.6 Å². The Kier molecular flexibility index (Phi) is 7.07. The van der Waals surface area contributed by atoms with Crippen LogP contribution in [0.5, 0.6) is 0 Å². The summed E-state index contributed by atoms with van der Waals surface area (Å²) in [7, 11) is 0. The van der Waals surface area contributed by atoms with E-state index in [0.717, 1.165) is 56.1 Å². The van der Waals surface area contributed by atoms with E-state index >= 15 is 0 Å². The maximum absolute atomic E-state index is 13.3. The molecule has 1 aromatic heterocycles. The number of hydrogen-bond donors (Lipinski definition) is 2. The molecule has 1 aliphatic heterocycles. The Morgan fingerprint density at radius 3 is 2.77 bits per heavy atom. The molecule has 1 aliphatic rings. The fourth-order valence-electron chi connectivity index (χ4n) is 2.93. The van der Waals surface area contributed by atoms with E-state index in [9.17, 15) is 4.39 Å². The predicted molar refractivity (Wildman–Crippen MR) is 99.8 cm³/mol. The molecule has 1 aromatic carbocycles. The molecule has 1 unspecified atom stereocenters. The number of furan rings is 1. The highest BCUT2D eigenvalue weighted by Crippen LogP contribution is 2.11. The van der Waals surface area contributed by atoms with Crippen LogP contribution in [0.3, 0.4) is 0 Å². The minimum atomic E-state index is -0.202. The van der Waals surface area contributed by atoms with E-state index in [2.05, 4.69) is 15.6 Å². The fourth-order valence-corrected chi connectivity index (χ4v) is 2.93. The number of halogens is 1. The zero-order chi connectivity index (χ0) is 18.0. The van der Waals surface area contributed by atoms with E-state index in [0.29, 0.717) is 13.1 Å². The van der Waals surface area contributed by atoms with Gasteiger partial charge in [-0.25, -0.2) is 4.39 Å². The molecule has 0 amide bonds. The molecule has 1 atom stereocenters. The van der Waals surface area contributed by atoms with Crippen LogP contribution in [-0.4, -0.2) is 38.3 Å². The Hall–Kier alpha value is -2.34. The number of nitrogens with one attached hydrogen (secondary N) is 2. The highest BCUT2D eigenvalue weighted by atomic mass is 19.1. The summed E-state index contributed by atoms with van der Waals surface area (Å²) in [6, 6.07) is 10.5. The monoisotopic (exact) mass is 359 g/mol. The lowest BCUT2D eigenvalue weighted by molar-refractivity contribution is 0.117. The molecule has 3 rings (SSSR count). The summed E-state index contributed by atoms with van der Waals surface area (Å²) in [6.07, 6.45) is 5.58. The van der Waals surface area contributed by atoms with Gasteiger partial charge in [-0.1, -0.05) is 12.1 Å². The number of rotatable bonds is 8. The van der Waals surface area contributed by atoms with Crippen molar-refractivity contribution in [3.63, 3.8) is 0 Å². The van der Waals surface area contributed by atoms with Gasteiger partial charge in [-0.3, -0.25) is 4.99 Å². The summed E-state index contributed by atoms with van der Waals surface area (Å²) in [5.41, 5.74) is 0.964. The minimum Gasteiger partial charge on any atom is -0.469 e. The number of aliphatic imine (C=N–C) groups is 1. The van der Waals surface area contributed by atoms with Crippen molar-refractivity contribution in [3.05, 3.63) is 59.8 Å². The first-order chi connectivity index (χ1) is 12.8. The molecule has 0 radical (unpaired) electrons. The Morgan fingerprint density at radius 2 is 2.04 bits per heavy atom. The smallest absolute Gasteiger partial charge is 0.191 e. The zero-order valence-electron chi connectivity index (χ0n) is 14.9. The van der Waals surface area contributed by atoms with Crippen LogP contribution in [0.4, 0.5) is 4.39 Å².